The molecular weight excluding hydrogens is 580 g/mol. The minimum atomic E-state index is -0.774. The van der Waals surface area contributed by atoms with Crippen molar-refractivity contribution >= 4 is 23.6 Å². The molecule has 2 aromatic rings. The van der Waals surface area contributed by atoms with Crippen LogP contribution in [0.1, 0.15) is 90.2 Å². The first-order chi connectivity index (χ1) is 22.4. The van der Waals surface area contributed by atoms with Crippen molar-refractivity contribution in [3.63, 3.8) is 0 Å². The Balaban J connectivity index is 1.64. The Morgan fingerprint density at radius 1 is 0.435 bits per heavy atom. The van der Waals surface area contributed by atoms with E-state index in [-0.39, 0.29) is 23.6 Å². The van der Waals surface area contributed by atoms with Crippen LogP contribution < -0.4 is 0 Å². The van der Waals surface area contributed by atoms with Crippen LogP contribution in [0.5, 0.6) is 0 Å². The average molecular weight is 629 g/mol. The molecule has 4 amide bonds. The van der Waals surface area contributed by atoms with E-state index in [1.165, 1.54) is 0 Å². The van der Waals surface area contributed by atoms with E-state index >= 15 is 0 Å². The number of nitrogens with zero attached hydrogens (tertiary/aromatic N) is 6. The van der Waals surface area contributed by atoms with Gasteiger partial charge in [0.15, 0.2) is 0 Å². The van der Waals surface area contributed by atoms with Crippen LogP contribution in [0.4, 0.5) is 0 Å². The van der Waals surface area contributed by atoms with E-state index in [0.717, 1.165) is 11.1 Å². The van der Waals surface area contributed by atoms with E-state index in [4.69, 9.17) is 0 Å². The van der Waals surface area contributed by atoms with Gasteiger partial charge in [-0.1, -0.05) is 88.4 Å². The summed E-state index contributed by atoms with van der Waals surface area (Å²) in [5.41, 5.74) is 2.10. The van der Waals surface area contributed by atoms with Crippen molar-refractivity contribution in [2.24, 2.45) is 0 Å². The zero-order chi connectivity index (χ0) is 32.5. The Morgan fingerprint density at radius 3 is 0.935 bits per heavy atom. The predicted molar refractivity (Wildman–Crippen MR) is 174 cm³/mol. The van der Waals surface area contributed by atoms with Crippen molar-refractivity contribution < 1.29 is 19.2 Å². The first kappa shape index (κ1) is 32.2. The second kappa shape index (κ2) is 13.5. The van der Waals surface area contributed by atoms with Gasteiger partial charge in [-0.25, -0.2) is 0 Å². The maximum absolute atomic E-state index is 14.4. The number of benzene rings is 2. The van der Waals surface area contributed by atoms with Crippen molar-refractivity contribution in [2.45, 2.75) is 129 Å². The highest BCUT2D eigenvalue weighted by molar-refractivity contribution is 5.86. The van der Waals surface area contributed by atoms with Crippen molar-refractivity contribution in [2.75, 3.05) is 0 Å². The van der Waals surface area contributed by atoms with Gasteiger partial charge < -0.3 is 0 Å². The van der Waals surface area contributed by atoms with E-state index in [2.05, 4.69) is 34.1 Å². The molecule has 2 aromatic carbocycles. The second-order valence-corrected chi connectivity index (χ2v) is 13.0. The summed E-state index contributed by atoms with van der Waals surface area (Å²) in [5.74, 6) is -0.208. The highest BCUT2D eigenvalue weighted by Crippen LogP contribution is 2.53. The van der Waals surface area contributed by atoms with Crippen LogP contribution >= 0.6 is 0 Å². The predicted octanol–water partition coefficient (Wildman–Crippen LogP) is 4.52. The van der Waals surface area contributed by atoms with Crippen LogP contribution in [0.3, 0.4) is 0 Å². The largest absolute Gasteiger partial charge is 0.299 e. The van der Waals surface area contributed by atoms with E-state index < -0.39 is 37.0 Å². The standard InChI is InChI=1S/C36H48N6O4/c1-5-15-27(43)39-31-32-38(24-26-21-13-10-14-22-26)34-33(37(31)23-25-19-11-9-12-20-25)41(29(45)17-7-3)36(42(34)30(46)18-8-4)35(39)40(32)28(44)16-6-2/h9-14,19-22,31-36H,5-8,15-18,23-24H2,1-4H3/t31-,32-,33-,34+,35?,36?/m0/s1. The van der Waals surface area contributed by atoms with Gasteiger partial charge in [0.1, 0.15) is 37.0 Å². The summed E-state index contributed by atoms with van der Waals surface area (Å²) in [5, 5.41) is 0. The molecule has 10 heteroatoms. The molecule has 5 heterocycles. The minimum Gasteiger partial charge on any atom is -0.299 e. The van der Waals surface area contributed by atoms with E-state index in [0.29, 0.717) is 64.5 Å². The van der Waals surface area contributed by atoms with Gasteiger partial charge in [-0.05, 0) is 36.8 Å². The number of hydrogen-bond acceptors (Lipinski definition) is 6. The normalized spacial score (nSPS) is 26.7. The number of carbonyl (C=O) groups is 4. The summed E-state index contributed by atoms with van der Waals surface area (Å²) in [4.78, 5) is 69.6. The molecule has 0 spiro atoms. The summed E-state index contributed by atoms with van der Waals surface area (Å²) in [6.07, 6.45) is 0.407. The Morgan fingerprint density at radius 2 is 0.696 bits per heavy atom. The Kier molecular flexibility index (Phi) is 9.47. The van der Waals surface area contributed by atoms with E-state index in [1.807, 2.05) is 83.7 Å². The van der Waals surface area contributed by atoms with Gasteiger partial charge in [-0.3, -0.25) is 48.6 Å². The van der Waals surface area contributed by atoms with Crippen LogP contribution in [0.25, 0.3) is 0 Å². The van der Waals surface area contributed by atoms with Gasteiger partial charge in [0.2, 0.25) is 23.6 Å². The second-order valence-electron chi connectivity index (χ2n) is 13.0. The van der Waals surface area contributed by atoms with Crippen LogP contribution in [-0.2, 0) is 32.3 Å². The molecule has 2 unspecified atom stereocenters. The lowest BCUT2D eigenvalue weighted by molar-refractivity contribution is -0.180. The number of carbonyl (C=O) groups excluding carboxylic acids is 4. The highest BCUT2D eigenvalue weighted by Gasteiger charge is 2.74. The zero-order valence-corrected chi connectivity index (χ0v) is 27.6. The quantitative estimate of drug-likeness (QED) is 0.344. The lowest BCUT2D eigenvalue weighted by Gasteiger charge is -2.55. The van der Waals surface area contributed by atoms with Gasteiger partial charge in [0.05, 0.1) is 0 Å². The maximum Gasteiger partial charge on any atom is 0.225 e. The van der Waals surface area contributed by atoms with Gasteiger partial charge in [0.25, 0.3) is 0 Å². The van der Waals surface area contributed by atoms with Gasteiger partial charge >= 0.3 is 0 Å². The maximum atomic E-state index is 14.4. The average Bonchev–Trinajstić information content (AvgIpc) is 3.53. The zero-order valence-electron chi connectivity index (χ0n) is 27.6. The first-order valence-corrected chi connectivity index (χ1v) is 17.2. The Hall–Kier alpha value is -3.76. The van der Waals surface area contributed by atoms with Crippen molar-refractivity contribution in [3.05, 3.63) is 71.8 Å². The van der Waals surface area contributed by atoms with E-state index in [9.17, 15) is 19.2 Å². The van der Waals surface area contributed by atoms with Crippen molar-refractivity contribution in [1.82, 2.24) is 29.4 Å². The van der Waals surface area contributed by atoms with Crippen molar-refractivity contribution in [1.29, 1.82) is 0 Å². The van der Waals surface area contributed by atoms with Crippen LogP contribution in [0.15, 0.2) is 60.7 Å². The highest BCUT2D eigenvalue weighted by atomic mass is 16.2. The lowest BCUT2D eigenvalue weighted by atomic mass is 10.0. The molecule has 5 aliphatic rings. The molecule has 46 heavy (non-hydrogen) atoms. The molecule has 0 N–H and O–H groups in total. The first-order valence-electron chi connectivity index (χ1n) is 17.2. The molecule has 0 aromatic heterocycles. The number of amides is 4. The summed E-state index contributed by atoms with van der Waals surface area (Å²) in [7, 11) is 0. The molecule has 0 saturated carbocycles. The fourth-order valence-corrected chi connectivity index (χ4v) is 8.20. The molecule has 7 rings (SSSR count). The molecule has 6 bridgehead atoms. The SMILES string of the molecule is CCCC(=O)N1C2C3N(C(=O)CCC)[C@H]4[C@@H](N3C(=O)CCC)N(Cc3ccccc3)[C@H]([C@H]1N4Cc1ccccc1)N2C(=O)CCC. The topological polar surface area (TPSA) is 87.7 Å². The summed E-state index contributed by atoms with van der Waals surface area (Å²) in [6, 6.07) is 20.2. The minimum absolute atomic E-state index is 0.0520. The molecule has 10 nitrogen and oxygen atoms in total. The summed E-state index contributed by atoms with van der Waals surface area (Å²) in [6.45, 7) is 8.89. The monoisotopic (exact) mass is 628 g/mol. The summed E-state index contributed by atoms with van der Waals surface area (Å²) < 4.78 is 0. The van der Waals surface area contributed by atoms with Crippen molar-refractivity contribution in [3.8, 4) is 0 Å². The lowest BCUT2D eigenvalue weighted by Crippen LogP contribution is -2.74. The molecule has 246 valence electrons. The molecule has 5 fully saturated rings. The van der Waals surface area contributed by atoms with Gasteiger partial charge in [-0.15, -0.1) is 0 Å². The summed E-state index contributed by atoms with van der Waals surface area (Å²) >= 11 is 0. The van der Waals surface area contributed by atoms with Crippen LogP contribution in [0, 0.1) is 0 Å². The Bertz CT molecular complexity index is 1250. The number of hydrogen-bond donors (Lipinski definition) is 0. The molecular formula is C36H48N6O4. The number of piperazine rings is 1. The third-order valence-electron chi connectivity index (χ3n) is 9.86. The Labute approximate surface area is 272 Å². The molecule has 0 radical (unpaired) electrons. The third-order valence-corrected chi connectivity index (χ3v) is 9.86. The van der Waals surface area contributed by atoms with Crippen LogP contribution in [0.2, 0.25) is 0 Å². The smallest absolute Gasteiger partial charge is 0.225 e. The number of rotatable bonds is 12. The fourth-order valence-electron chi connectivity index (χ4n) is 8.20. The van der Waals surface area contributed by atoms with Crippen LogP contribution in [-0.4, -0.2) is 90.0 Å². The third kappa shape index (κ3) is 5.29. The van der Waals surface area contributed by atoms with E-state index in [1.54, 1.807) is 0 Å². The molecule has 6 atom stereocenters. The molecule has 5 aliphatic heterocycles. The fraction of sp³-hybridized carbons (Fsp3) is 0.556. The molecule has 5 saturated heterocycles. The van der Waals surface area contributed by atoms with Gasteiger partial charge in [-0.2, -0.15) is 0 Å². The molecule has 0 aliphatic carbocycles. The van der Waals surface area contributed by atoms with Gasteiger partial charge in [0, 0.05) is 38.8 Å².